The summed E-state index contributed by atoms with van der Waals surface area (Å²) >= 11 is 0. The largest absolute Gasteiger partial charge is 0.481 e. The van der Waals surface area contributed by atoms with Crippen LogP contribution in [-0.2, 0) is 15.1 Å². The van der Waals surface area contributed by atoms with Crippen molar-refractivity contribution in [2.45, 2.75) is 64.3 Å². The van der Waals surface area contributed by atoms with Gasteiger partial charge in [-0.3, -0.25) is 4.79 Å². The smallest absolute Gasteiger partial charge is 0.306 e. The SMILES string of the molecule is CCC1C(C)C(C(=O)O)CCC1(O)c1ccc(OC2CCCCO2)cc1. The van der Waals surface area contributed by atoms with Crippen molar-refractivity contribution in [3.05, 3.63) is 29.8 Å². The molecule has 1 aliphatic carbocycles. The summed E-state index contributed by atoms with van der Waals surface area (Å²) in [4.78, 5) is 11.5. The number of rotatable bonds is 5. The Hall–Kier alpha value is -1.59. The van der Waals surface area contributed by atoms with Gasteiger partial charge in [-0.15, -0.1) is 0 Å². The molecular weight excluding hydrogens is 332 g/mol. The first kappa shape index (κ1) is 19.2. The van der Waals surface area contributed by atoms with Crippen LogP contribution in [0.4, 0.5) is 0 Å². The fraction of sp³-hybridized carbons (Fsp3) is 0.667. The van der Waals surface area contributed by atoms with Gasteiger partial charge in [-0.2, -0.15) is 0 Å². The average Bonchev–Trinajstić information content (AvgIpc) is 2.63. The fourth-order valence-electron chi connectivity index (χ4n) is 4.73. The number of aliphatic carboxylic acids is 1. The summed E-state index contributed by atoms with van der Waals surface area (Å²) in [5.74, 6) is -0.543. The van der Waals surface area contributed by atoms with Crippen molar-refractivity contribution in [3.63, 3.8) is 0 Å². The normalized spacial score (nSPS) is 35.0. The van der Waals surface area contributed by atoms with Gasteiger partial charge < -0.3 is 19.7 Å². The molecule has 1 saturated heterocycles. The Balaban J connectivity index is 1.75. The van der Waals surface area contributed by atoms with Gasteiger partial charge in [0.2, 0.25) is 0 Å². The molecule has 2 N–H and O–H groups in total. The summed E-state index contributed by atoms with van der Waals surface area (Å²) in [6.07, 6.45) is 4.62. The predicted molar refractivity (Wildman–Crippen MR) is 97.9 cm³/mol. The van der Waals surface area contributed by atoms with E-state index in [4.69, 9.17) is 9.47 Å². The molecule has 5 heteroatoms. The third-order valence-corrected chi connectivity index (χ3v) is 6.24. The lowest BCUT2D eigenvalue weighted by molar-refractivity contribution is -0.154. The number of hydrogen-bond donors (Lipinski definition) is 2. The van der Waals surface area contributed by atoms with Gasteiger partial charge in [0.15, 0.2) is 6.29 Å². The molecular formula is C21H30O5. The van der Waals surface area contributed by atoms with Gasteiger partial charge in [-0.1, -0.05) is 26.0 Å². The number of carbonyl (C=O) groups is 1. The highest BCUT2D eigenvalue weighted by atomic mass is 16.7. The van der Waals surface area contributed by atoms with Crippen LogP contribution in [0.15, 0.2) is 24.3 Å². The second kappa shape index (κ2) is 7.97. The molecule has 2 aliphatic rings. The zero-order valence-electron chi connectivity index (χ0n) is 15.7. The molecule has 1 saturated carbocycles. The summed E-state index contributed by atoms with van der Waals surface area (Å²) in [5.41, 5.74) is -0.142. The van der Waals surface area contributed by atoms with Crippen LogP contribution in [0.1, 0.15) is 57.9 Å². The fourth-order valence-corrected chi connectivity index (χ4v) is 4.73. The lowest BCUT2D eigenvalue weighted by Crippen LogP contribution is -2.47. The summed E-state index contributed by atoms with van der Waals surface area (Å²) in [7, 11) is 0. The van der Waals surface area contributed by atoms with Crippen molar-refractivity contribution in [3.8, 4) is 5.75 Å². The topological polar surface area (TPSA) is 76.0 Å². The lowest BCUT2D eigenvalue weighted by atomic mass is 9.61. The molecule has 5 unspecified atom stereocenters. The quantitative estimate of drug-likeness (QED) is 0.830. The van der Waals surface area contributed by atoms with Gasteiger partial charge in [0, 0.05) is 6.42 Å². The number of hydrogen-bond acceptors (Lipinski definition) is 4. The van der Waals surface area contributed by atoms with E-state index in [1.807, 2.05) is 38.1 Å². The Labute approximate surface area is 155 Å². The first-order valence-corrected chi connectivity index (χ1v) is 9.79. The lowest BCUT2D eigenvalue weighted by Gasteiger charge is -2.46. The molecule has 1 heterocycles. The Morgan fingerprint density at radius 2 is 2.00 bits per heavy atom. The molecule has 26 heavy (non-hydrogen) atoms. The van der Waals surface area contributed by atoms with Crippen LogP contribution in [0.25, 0.3) is 0 Å². The second-order valence-electron chi connectivity index (χ2n) is 7.72. The van der Waals surface area contributed by atoms with E-state index in [0.29, 0.717) is 12.8 Å². The standard InChI is InChI=1S/C21H30O5/c1-3-18-14(2)17(20(22)23)11-12-21(18,24)15-7-9-16(10-8-15)26-19-6-4-5-13-25-19/h7-10,14,17-19,24H,3-6,11-13H2,1-2H3,(H,22,23). The van der Waals surface area contributed by atoms with Crippen molar-refractivity contribution >= 4 is 5.97 Å². The van der Waals surface area contributed by atoms with Crippen molar-refractivity contribution in [1.29, 1.82) is 0 Å². The minimum Gasteiger partial charge on any atom is -0.481 e. The molecule has 0 bridgehead atoms. The van der Waals surface area contributed by atoms with Gasteiger partial charge >= 0.3 is 5.97 Å². The molecule has 5 atom stereocenters. The van der Waals surface area contributed by atoms with Crippen LogP contribution in [-0.4, -0.2) is 29.1 Å². The number of ether oxygens (including phenoxy) is 2. The zero-order valence-corrected chi connectivity index (χ0v) is 15.7. The molecule has 0 aromatic heterocycles. The molecule has 1 aromatic rings. The van der Waals surface area contributed by atoms with E-state index < -0.39 is 11.6 Å². The van der Waals surface area contributed by atoms with E-state index in [2.05, 4.69) is 0 Å². The molecule has 2 fully saturated rings. The average molecular weight is 362 g/mol. The van der Waals surface area contributed by atoms with E-state index in [1.165, 1.54) is 0 Å². The summed E-state index contributed by atoms with van der Waals surface area (Å²) in [6.45, 7) is 4.71. The van der Waals surface area contributed by atoms with Crippen LogP contribution in [0.2, 0.25) is 0 Å². The maximum atomic E-state index is 11.5. The Morgan fingerprint density at radius 3 is 2.58 bits per heavy atom. The molecule has 5 nitrogen and oxygen atoms in total. The van der Waals surface area contributed by atoms with Crippen LogP contribution >= 0.6 is 0 Å². The molecule has 0 amide bonds. The maximum absolute atomic E-state index is 11.5. The van der Waals surface area contributed by atoms with Gasteiger partial charge in [0.05, 0.1) is 18.1 Å². The summed E-state index contributed by atoms with van der Waals surface area (Å²) in [5, 5.41) is 20.9. The van der Waals surface area contributed by atoms with Crippen LogP contribution in [0.3, 0.4) is 0 Å². The molecule has 0 spiro atoms. The molecule has 3 rings (SSSR count). The highest BCUT2D eigenvalue weighted by molar-refractivity contribution is 5.70. The van der Waals surface area contributed by atoms with E-state index in [-0.39, 0.29) is 24.0 Å². The van der Waals surface area contributed by atoms with Gasteiger partial charge in [0.25, 0.3) is 0 Å². The van der Waals surface area contributed by atoms with Crippen LogP contribution in [0.5, 0.6) is 5.75 Å². The Kier molecular flexibility index (Phi) is 5.88. The summed E-state index contributed by atoms with van der Waals surface area (Å²) in [6, 6.07) is 7.58. The zero-order chi connectivity index (χ0) is 18.7. The van der Waals surface area contributed by atoms with E-state index in [0.717, 1.165) is 43.6 Å². The monoisotopic (exact) mass is 362 g/mol. The van der Waals surface area contributed by atoms with Crippen molar-refractivity contribution in [2.75, 3.05) is 6.61 Å². The highest BCUT2D eigenvalue weighted by Gasteiger charge is 2.48. The van der Waals surface area contributed by atoms with Crippen molar-refractivity contribution < 1.29 is 24.5 Å². The first-order valence-electron chi connectivity index (χ1n) is 9.79. The van der Waals surface area contributed by atoms with Gasteiger partial charge in [-0.25, -0.2) is 0 Å². The third-order valence-electron chi connectivity index (χ3n) is 6.24. The Bertz CT molecular complexity index is 607. The number of aliphatic hydroxyl groups is 1. The predicted octanol–water partition coefficient (Wildman–Crippen LogP) is 3.94. The summed E-state index contributed by atoms with van der Waals surface area (Å²) < 4.78 is 11.5. The van der Waals surface area contributed by atoms with Gasteiger partial charge in [0.1, 0.15) is 5.75 Å². The minimum atomic E-state index is -0.986. The number of carboxylic acid groups (broad SMARTS) is 1. The molecule has 0 radical (unpaired) electrons. The van der Waals surface area contributed by atoms with Gasteiger partial charge in [-0.05, 0) is 61.6 Å². The van der Waals surface area contributed by atoms with Crippen LogP contribution < -0.4 is 4.74 Å². The van der Waals surface area contributed by atoms with Crippen molar-refractivity contribution in [1.82, 2.24) is 0 Å². The number of carboxylic acids is 1. The third kappa shape index (κ3) is 3.74. The molecule has 144 valence electrons. The van der Waals surface area contributed by atoms with E-state index >= 15 is 0 Å². The Morgan fingerprint density at radius 1 is 1.27 bits per heavy atom. The number of benzene rings is 1. The second-order valence-corrected chi connectivity index (χ2v) is 7.72. The van der Waals surface area contributed by atoms with Crippen molar-refractivity contribution in [2.24, 2.45) is 17.8 Å². The van der Waals surface area contributed by atoms with E-state index in [1.54, 1.807) is 0 Å². The molecule has 1 aromatic carbocycles. The molecule has 1 aliphatic heterocycles. The first-order chi connectivity index (χ1) is 12.5. The maximum Gasteiger partial charge on any atom is 0.306 e. The minimum absolute atomic E-state index is 0.0668. The van der Waals surface area contributed by atoms with E-state index in [9.17, 15) is 15.0 Å². The van der Waals surface area contributed by atoms with Crippen LogP contribution in [0, 0.1) is 17.8 Å². The highest BCUT2D eigenvalue weighted by Crippen LogP contribution is 2.48.